The lowest BCUT2D eigenvalue weighted by atomic mass is 9.91. The lowest BCUT2D eigenvalue weighted by Crippen LogP contribution is -2.20. The van der Waals surface area contributed by atoms with Gasteiger partial charge >= 0.3 is 17.9 Å². The van der Waals surface area contributed by atoms with E-state index in [1.54, 1.807) is 0 Å². The first-order valence-electron chi connectivity index (χ1n) is 25.7. The van der Waals surface area contributed by atoms with E-state index in [2.05, 4.69) is 74.0 Å². The van der Waals surface area contributed by atoms with E-state index >= 15 is 0 Å². The minimum absolute atomic E-state index is 0.0251. The maximum Gasteiger partial charge on any atom is 0.306 e. The lowest BCUT2D eigenvalue weighted by Gasteiger charge is -2.22. The van der Waals surface area contributed by atoms with Crippen LogP contribution in [-0.2, 0) is 33.4 Å². The maximum absolute atomic E-state index is 11.3. The number of hydrogen-bond acceptors (Lipinski definition) is 7. The van der Waals surface area contributed by atoms with Crippen molar-refractivity contribution >= 4 is 23.7 Å². The zero-order valence-electron chi connectivity index (χ0n) is 44.3. The van der Waals surface area contributed by atoms with Crippen molar-refractivity contribution in [1.29, 1.82) is 0 Å². The summed E-state index contributed by atoms with van der Waals surface area (Å²) in [4.78, 5) is 43.5. The third-order valence-corrected chi connectivity index (χ3v) is 9.64. The molecule has 0 aromatic heterocycles. The van der Waals surface area contributed by atoms with Gasteiger partial charge in [-0.05, 0) is 56.3 Å². The third-order valence-electron chi connectivity index (χ3n) is 9.64. The van der Waals surface area contributed by atoms with Crippen LogP contribution in [0.1, 0.15) is 285 Å². The monoisotopic (exact) mass is 861 g/mol. The lowest BCUT2D eigenvalue weighted by molar-refractivity contribution is -0.149. The molecule has 0 fully saturated rings. The summed E-state index contributed by atoms with van der Waals surface area (Å²) in [5, 5.41) is 0. The van der Waals surface area contributed by atoms with Crippen LogP contribution in [-0.4, -0.2) is 43.0 Å². The SMILES string of the molecule is CC.CC.CCC(=O)OC(CC)CC(C)CC(C)CC.CCCC.CCCCCCCCCC(=O)CC.CCCCCCCCOC(=O)CC(C)CC.CCCOC(C)=O. The van der Waals surface area contributed by atoms with E-state index in [0.29, 0.717) is 43.7 Å². The Hall–Kier alpha value is -1.92. The molecule has 4 unspecified atom stereocenters. The van der Waals surface area contributed by atoms with E-state index in [9.17, 15) is 19.2 Å². The number of unbranched alkanes of at least 4 members (excludes halogenated alkanes) is 12. The molecule has 60 heavy (non-hydrogen) atoms. The molecule has 0 aliphatic rings. The van der Waals surface area contributed by atoms with Crippen molar-refractivity contribution in [2.24, 2.45) is 17.8 Å². The van der Waals surface area contributed by atoms with Crippen LogP contribution in [0.15, 0.2) is 0 Å². The van der Waals surface area contributed by atoms with Crippen LogP contribution >= 0.6 is 0 Å². The van der Waals surface area contributed by atoms with E-state index in [4.69, 9.17) is 9.47 Å². The highest BCUT2D eigenvalue weighted by Gasteiger charge is 2.16. The quantitative estimate of drug-likeness (QED) is 0.0403. The first-order chi connectivity index (χ1) is 28.7. The van der Waals surface area contributed by atoms with Crippen LogP contribution < -0.4 is 0 Å². The molecule has 0 heterocycles. The van der Waals surface area contributed by atoms with Crippen LogP contribution in [0.2, 0.25) is 0 Å². The highest BCUT2D eigenvalue weighted by Crippen LogP contribution is 2.21. The molecular weight excluding hydrogens is 749 g/mol. The Labute approximate surface area is 378 Å². The van der Waals surface area contributed by atoms with Crippen LogP contribution in [0.25, 0.3) is 0 Å². The van der Waals surface area contributed by atoms with Gasteiger partial charge in [-0.2, -0.15) is 0 Å². The largest absolute Gasteiger partial charge is 0.466 e. The van der Waals surface area contributed by atoms with Crippen molar-refractivity contribution in [1.82, 2.24) is 0 Å². The summed E-state index contributed by atoms with van der Waals surface area (Å²) in [5.41, 5.74) is 0. The predicted molar refractivity (Wildman–Crippen MR) is 265 cm³/mol. The average molecular weight is 861 g/mol. The molecule has 4 atom stereocenters. The molecule has 0 aliphatic heterocycles. The first kappa shape index (κ1) is 72.5. The number of Topliss-reactive ketones (excluding diaryl/α,β-unsaturated/α-hetero) is 1. The third kappa shape index (κ3) is 76.8. The Morgan fingerprint density at radius 2 is 0.900 bits per heavy atom. The second-order valence-corrected chi connectivity index (χ2v) is 15.8. The van der Waals surface area contributed by atoms with Gasteiger partial charge in [0.25, 0.3) is 0 Å². The number of ketones is 1. The number of carbonyl (C=O) groups is 4. The van der Waals surface area contributed by atoms with Crippen LogP contribution in [0.4, 0.5) is 0 Å². The van der Waals surface area contributed by atoms with Gasteiger partial charge in [0, 0.05) is 32.6 Å². The van der Waals surface area contributed by atoms with Gasteiger partial charge in [0.2, 0.25) is 0 Å². The molecule has 0 aliphatic carbocycles. The van der Waals surface area contributed by atoms with Gasteiger partial charge in [-0.1, -0.05) is 214 Å². The van der Waals surface area contributed by atoms with Gasteiger partial charge in [-0.3, -0.25) is 19.2 Å². The zero-order chi connectivity index (χ0) is 47.8. The average Bonchev–Trinajstić information content (AvgIpc) is 3.26. The second-order valence-electron chi connectivity index (χ2n) is 15.8. The summed E-state index contributed by atoms with van der Waals surface area (Å²) in [6, 6.07) is 0. The Morgan fingerprint density at radius 3 is 1.27 bits per heavy atom. The van der Waals surface area contributed by atoms with Crippen molar-refractivity contribution in [3.8, 4) is 0 Å². The van der Waals surface area contributed by atoms with Crippen molar-refractivity contribution in [2.75, 3.05) is 13.2 Å². The fourth-order valence-corrected chi connectivity index (χ4v) is 5.22. The number of hydrogen-bond donors (Lipinski definition) is 0. The van der Waals surface area contributed by atoms with Crippen LogP contribution in [0.3, 0.4) is 0 Å². The molecule has 7 heteroatoms. The van der Waals surface area contributed by atoms with E-state index in [1.165, 1.54) is 103 Å². The van der Waals surface area contributed by atoms with Gasteiger partial charge in [0.15, 0.2) is 0 Å². The van der Waals surface area contributed by atoms with Crippen LogP contribution in [0, 0.1) is 17.8 Å². The predicted octanol–water partition coefficient (Wildman–Crippen LogP) is 17.4. The van der Waals surface area contributed by atoms with E-state index in [1.807, 2.05) is 48.5 Å². The van der Waals surface area contributed by atoms with E-state index in [-0.39, 0.29) is 24.0 Å². The van der Waals surface area contributed by atoms with Gasteiger partial charge in [0.05, 0.1) is 13.2 Å². The molecule has 0 rings (SSSR count). The molecule has 366 valence electrons. The molecule has 0 aromatic rings. The molecule has 7 nitrogen and oxygen atoms in total. The number of esters is 3. The van der Waals surface area contributed by atoms with Gasteiger partial charge in [-0.25, -0.2) is 0 Å². The molecule has 0 amide bonds. The smallest absolute Gasteiger partial charge is 0.306 e. The summed E-state index contributed by atoms with van der Waals surface area (Å²) in [6.45, 7) is 38.2. The highest BCUT2D eigenvalue weighted by atomic mass is 16.5. The second kappa shape index (κ2) is 66.2. The topological polar surface area (TPSA) is 96.0 Å². The number of ether oxygens (including phenoxy) is 3. The van der Waals surface area contributed by atoms with Gasteiger partial charge in [-0.15, -0.1) is 0 Å². The van der Waals surface area contributed by atoms with Gasteiger partial charge in [0.1, 0.15) is 11.9 Å². The number of rotatable bonds is 30. The van der Waals surface area contributed by atoms with Gasteiger partial charge < -0.3 is 14.2 Å². The molecule has 0 bridgehead atoms. The molecule has 0 spiro atoms. The minimum atomic E-state index is -0.193. The Morgan fingerprint density at radius 1 is 0.433 bits per heavy atom. The standard InChI is InChI=1S/2C14H28O2.C12H24O.C5H10O2.C4H10.2C2H6/c1-6-11(4)9-12(5)10-13(7-2)16-14(15)8-3;1-4-6-7-8-9-10-11-16-14(15)12-13(3)5-2;1-3-5-6-7-8-9-10-11-12(13)4-2;1-3-4-7-5(2)6;1-3-4-2;2*1-2/h11-13H,6-10H2,1-5H3;13H,4-12H2,1-3H3;3-11H2,1-2H3;3-4H2,1-2H3;3-4H2,1-2H3;2*1-2H3. The maximum atomic E-state index is 11.3. The summed E-state index contributed by atoms with van der Waals surface area (Å²) < 4.78 is 15.1. The van der Waals surface area contributed by atoms with Crippen molar-refractivity contribution in [3.05, 3.63) is 0 Å². The molecule has 0 saturated heterocycles. The molecule has 0 radical (unpaired) electrons. The molecule has 0 saturated carbocycles. The molecular formula is C53H112O7. The molecule has 0 aromatic carbocycles. The fraction of sp³-hybridized carbons (Fsp3) is 0.925. The minimum Gasteiger partial charge on any atom is -0.466 e. The van der Waals surface area contributed by atoms with Crippen molar-refractivity contribution < 1.29 is 33.4 Å². The van der Waals surface area contributed by atoms with Crippen molar-refractivity contribution in [3.63, 3.8) is 0 Å². The summed E-state index contributed by atoms with van der Waals surface area (Å²) in [6.07, 6.45) is 28.2. The van der Waals surface area contributed by atoms with Crippen LogP contribution in [0.5, 0.6) is 0 Å². The van der Waals surface area contributed by atoms with Crippen molar-refractivity contribution in [2.45, 2.75) is 291 Å². The zero-order valence-corrected chi connectivity index (χ0v) is 44.3. The van der Waals surface area contributed by atoms with E-state index in [0.717, 1.165) is 57.3 Å². The Bertz CT molecular complexity index is 811. The molecule has 0 N–H and O–H groups in total. The Balaban J connectivity index is -0.000000121. The summed E-state index contributed by atoms with van der Waals surface area (Å²) in [7, 11) is 0. The summed E-state index contributed by atoms with van der Waals surface area (Å²) >= 11 is 0. The first-order valence-corrected chi connectivity index (χ1v) is 25.7. The number of carbonyl (C=O) groups excluding carboxylic acids is 4. The normalized spacial score (nSPS) is 11.6. The fourth-order valence-electron chi connectivity index (χ4n) is 5.22. The van der Waals surface area contributed by atoms with E-state index < -0.39 is 0 Å². The Kier molecular flexibility index (Phi) is 80.0. The highest BCUT2D eigenvalue weighted by molar-refractivity contribution is 5.77. The summed E-state index contributed by atoms with van der Waals surface area (Å²) in [5.74, 6) is 2.01.